The van der Waals surface area contributed by atoms with E-state index in [0.29, 0.717) is 12.3 Å². The van der Waals surface area contributed by atoms with Gasteiger partial charge in [-0.1, -0.05) is 18.2 Å². The van der Waals surface area contributed by atoms with Crippen LogP contribution in [0.2, 0.25) is 0 Å². The number of para-hydroxylation sites is 1. The number of piperidine rings is 1. The van der Waals surface area contributed by atoms with Crippen LogP contribution in [-0.2, 0) is 11.2 Å². The van der Waals surface area contributed by atoms with Crippen LogP contribution in [0.4, 0.5) is 0 Å². The van der Waals surface area contributed by atoms with Crippen molar-refractivity contribution in [2.75, 3.05) is 20.2 Å². The summed E-state index contributed by atoms with van der Waals surface area (Å²) in [6, 6.07) is 7.70. The van der Waals surface area contributed by atoms with Crippen LogP contribution >= 0.6 is 0 Å². The number of carbonyl (C=O) groups is 1. The molecule has 0 saturated carbocycles. The maximum absolute atomic E-state index is 12.5. The molecule has 0 aliphatic carbocycles. The second kappa shape index (κ2) is 6.64. The van der Waals surface area contributed by atoms with Gasteiger partial charge in [0.25, 0.3) is 0 Å². The molecule has 1 fully saturated rings. The Kier molecular flexibility index (Phi) is 4.42. The van der Waals surface area contributed by atoms with Crippen molar-refractivity contribution in [3.63, 3.8) is 0 Å². The highest BCUT2D eigenvalue weighted by atomic mass is 16.5. The van der Waals surface area contributed by atoms with E-state index >= 15 is 0 Å². The molecule has 1 amide bonds. The van der Waals surface area contributed by atoms with Gasteiger partial charge in [-0.05, 0) is 18.9 Å². The summed E-state index contributed by atoms with van der Waals surface area (Å²) in [5.41, 5.74) is 0.947. The molecule has 2 aromatic rings. The molecule has 1 aromatic carbocycles. The van der Waals surface area contributed by atoms with Gasteiger partial charge < -0.3 is 14.6 Å². The fourth-order valence-electron chi connectivity index (χ4n) is 3.03. The average molecular weight is 299 g/mol. The highest BCUT2D eigenvalue weighted by Crippen LogP contribution is 2.26. The number of likely N-dealkylation sites (tertiary alicyclic amines) is 1. The normalized spacial score (nSPS) is 15.8. The third-order valence-electron chi connectivity index (χ3n) is 4.29. The van der Waals surface area contributed by atoms with Crippen LogP contribution < -0.4 is 4.74 Å². The molecule has 0 unspecified atom stereocenters. The lowest BCUT2D eigenvalue weighted by Gasteiger charge is -2.31. The van der Waals surface area contributed by atoms with Gasteiger partial charge in [0.05, 0.1) is 13.5 Å². The minimum atomic E-state index is 0.169. The first-order chi connectivity index (χ1) is 10.8. The Labute approximate surface area is 130 Å². The van der Waals surface area contributed by atoms with Gasteiger partial charge in [-0.2, -0.15) is 0 Å². The fraction of sp³-hybridized carbons (Fsp3) is 0.412. The molecule has 0 spiro atoms. The van der Waals surface area contributed by atoms with Crippen LogP contribution in [0.3, 0.4) is 0 Å². The molecule has 5 heteroatoms. The van der Waals surface area contributed by atoms with Crippen molar-refractivity contribution in [1.82, 2.24) is 14.9 Å². The van der Waals surface area contributed by atoms with Crippen molar-refractivity contribution < 1.29 is 9.53 Å². The maximum atomic E-state index is 12.5. The van der Waals surface area contributed by atoms with E-state index in [-0.39, 0.29) is 5.91 Å². The van der Waals surface area contributed by atoms with Crippen LogP contribution in [0.5, 0.6) is 5.75 Å². The molecule has 0 radical (unpaired) electrons. The SMILES string of the molecule is COc1ccccc1CC(=O)N1CCC(c2ncc[nH]2)CC1. The Morgan fingerprint density at radius 3 is 2.82 bits per heavy atom. The Hall–Kier alpha value is -2.30. The van der Waals surface area contributed by atoms with Crippen LogP contribution in [0.25, 0.3) is 0 Å². The van der Waals surface area contributed by atoms with Gasteiger partial charge >= 0.3 is 0 Å². The number of imidazole rings is 1. The van der Waals surface area contributed by atoms with Gasteiger partial charge in [0.15, 0.2) is 0 Å². The molecular formula is C17H21N3O2. The first-order valence-electron chi connectivity index (χ1n) is 7.67. The number of rotatable bonds is 4. The summed E-state index contributed by atoms with van der Waals surface area (Å²) in [5.74, 6) is 2.42. The smallest absolute Gasteiger partial charge is 0.227 e. The average Bonchev–Trinajstić information content (AvgIpc) is 3.10. The van der Waals surface area contributed by atoms with Gasteiger partial charge in [0.1, 0.15) is 11.6 Å². The van der Waals surface area contributed by atoms with Gasteiger partial charge in [0.2, 0.25) is 5.91 Å². The number of hydrogen-bond donors (Lipinski definition) is 1. The predicted molar refractivity (Wildman–Crippen MR) is 83.8 cm³/mol. The molecule has 5 nitrogen and oxygen atoms in total. The second-order valence-electron chi connectivity index (χ2n) is 5.62. The Morgan fingerprint density at radius 2 is 2.14 bits per heavy atom. The standard InChI is InChI=1S/C17H21N3O2/c1-22-15-5-3-2-4-14(15)12-16(21)20-10-6-13(7-11-20)17-18-8-9-19-17/h2-5,8-9,13H,6-7,10-12H2,1H3,(H,18,19). The Balaban J connectivity index is 1.58. The molecular weight excluding hydrogens is 278 g/mol. The number of H-pyrrole nitrogens is 1. The van der Waals surface area contributed by atoms with E-state index in [1.165, 1.54) is 0 Å². The van der Waals surface area contributed by atoms with E-state index in [9.17, 15) is 4.79 Å². The van der Waals surface area contributed by atoms with Crippen molar-refractivity contribution in [1.29, 1.82) is 0 Å². The molecule has 0 bridgehead atoms. The summed E-state index contributed by atoms with van der Waals surface area (Å²) in [4.78, 5) is 21.9. The predicted octanol–water partition coefficient (Wildman–Crippen LogP) is 2.37. The van der Waals surface area contributed by atoms with E-state index in [2.05, 4.69) is 9.97 Å². The number of nitrogens with zero attached hydrogens (tertiary/aromatic N) is 2. The number of carbonyl (C=O) groups excluding carboxylic acids is 1. The lowest BCUT2D eigenvalue weighted by molar-refractivity contribution is -0.131. The summed E-state index contributed by atoms with van der Waals surface area (Å²) in [6.45, 7) is 1.58. The van der Waals surface area contributed by atoms with Crippen molar-refractivity contribution in [2.45, 2.75) is 25.2 Å². The zero-order chi connectivity index (χ0) is 15.4. The summed E-state index contributed by atoms with van der Waals surface area (Å²) in [7, 11) is 1.64. The molecule has 3 rings (SSSR count). The van der Waals surface area contributed by atoms with E-state index < -0.39 is 0 Å². The van der Waals surface area contributed by atoms with Crippen LogP contribution in [0.1, 0.15) is 30.1 Å². The molecule has 0 atom stereocenters. The minimum Gasteiger partial charge on any atom is -0.496 e. The summed E-state index contributed by atoms with van der Waals surface area (Å²) in [5, 5.41) is 0. The van der Waals surface area contributed by atoms with Crippen molar-refractivity contribution >= 4 is 5.91 Å². The van der Waals surface area contributed by atoms with E-state index in [1.807, 2.05) is 35.4 Å². The number of methoxy groups -OCH3 is 1. The lowest BCUT2D eigenvalue weighted by Crippen LogP contribution is -2.39. The molecule has 1 saturated heterocycles. The molecule has 1 aliphatic heterocycles. The summed E-state index contributed by atoms with van der Waals surface area (Å²) >= 11 is 0. The number of amides is 1. The zero-order valence-corrected chi connectivity index (χ0v) is 12.8. The highest BCUT2D eigenvalue weighted by molar-refractivity contribution is 5.79. The van der Waals surface area contributed by atoms with Crippen molar-refractivity contribution in [3.05, 3.63) is 48.0 Å². The highest BCUT2D eigenvalue weighted by Gasteiger charge is 2.25. The van der Waals surface area contributed by atoms with Crippen LogP contribution in [-0.4, -0.2) is 41.0 Å². The molecule has 116 valence electrons. The van der Waals surface area contributed by atoms with Gasteiger partial charge in [-0.15, -0.1) is 0 Å². The van der Waals surface area contributed by atoms with E-state index in [1.54, 1.807) is 13.3 Å². The third-order valence-corrected chi connectivity index (χ3v) is 4.29. The second-order valence-corrected chi connectivity index (χ2v) is 5.62. The Morgan fingerprint density at radius 1 is 1.36 bits per heavy atom. The third kappa shape index (κ3) is 3.13. The summed E-state index contributed by atoms with van der Waals surface area (Å²) in [6.07, 6.45) is 5.97. The molecule has 2 heterocycles. The van der Waals surface area contributed by atoms with Crippen molar-refractivity contribution in [2.24, 2.45) is 0 Å². The quantitative estimate of drug-likeness (QED) is 0.943. The summed E-state index contributed by atoms with van der Waals surface area (Å²) < 4.78 is 5.32. The van der Waals surface area contributed by atoms with E-state index in [0.717, 1.165) is 43.1 Å². The number of benzene rings is 1. The fourth-order valence-corrected chi connectivity index (χ4v) is 3.03. The van der Waals surface area contributed by atoms with E-state index in [4.69, 9.17) is 4.74 Å². The number of aromatic amines is 1. The van der Waals surface area contributed by atoms with Crippen LogP contribution in [0, 0.1) is 0 Å². The molecule has 22 heavy (non-hydrogen) atoms. The first kappa shape index (κ1) is 14.6. The number of hydrogen-bond acceptors (Lipinski definition) is 3. The topological polar surface area (TPSA) is 58.2 Å². The molecule has 1 aromatic heterocycles. The maximum Gasteiger partial charge on any atom is 0.227 e. The Bertz CT molecular complexity index is 617. The largest absolute Gasteiger partial charge is 0.496 e. The van der Waals surface area contributed by atoms with Gasteiger partial charge in [0, 0.05) is 37.0 Å². The lowest BCUT2D eigenvalue weighted by atomic mass is 9.95. The number of nitrogens with one attached hydrogen (secondary N) is 1. The monoisotopic (exact) mass is 299 g/mol. The molecule has 1 aliphatic rings. The van der Waals surface area contributed by atoms with Crippen molar-refractivity contribution in [3.8, 4) is 5.75 Å². The van der Waals surface area contributed by atoms with Gasteiger partial charge in [-0.3, -0.25) is 4.79 Å². The first-order valence-corrected chi connectivity index (χ1v) is 7.67. The number of ether oxygens (including phenoxy) is 1. The zero-order valence-electron chi connectivity index (χ0n) is 12.8. The number of aromatic nitrogens is 2. The van der Waals surface area contributed by atoms with Crippen LogP contribution in [0.15, 0.2) is 36.7 Å². The van der Waals surface area contributed by atoms with Gasteiger partial charge in [-0.25, -0.2) is 4.98 Å². The molecule has 1 N–H and O–H groups in total. The minimum absolute atomic E-state index is 0.169.